The molecule has 0 saturated heterocycles. The van der Waals surface area contributed by atoms with E-state index in [9.17, 15) is 24.0 Å². The van der Waals surface area contributed by atoms with Gasteiger partial charge in [-0.05, 0) is 0 Å². The monoisotopic (exact) mass is 435 g/mol. The first kappa shape index (κ1) is 28.7. The third-order valence-corrected chi connectivity index (χ3v) is 3.26. The average molecular weight is 435 g/mol. The van der Waals surface area contributed by atoms with Crippen LogP contribution in [-0.4, -0.2) is 167 Å². The SMILES string of the molecule is O=C(O)CN(CCN(CC(=O)O)CC(=O)O)CCN(CC(=O)O)CC(=O)O.[CaH2]. The number of aliphatic carboxylic acids is 5. The molecular weight excluding hydrogens is 410 g/mol. The summed E-state index contributed by atoms with van der Waals surface area (Å²) >= 11 is 0. The molecule has 0 rings (SSSR count). The molecule has 0 aromatic heterocycles. The standard InChI is InChI=1S/C14H23N3O10.Ca.2H/c18-10(19)5-15(1-3-16(6-11(20)21)7-12(22)23)2-4-17(8-13(24)25)9-14(26)27;;;/h1-9H2,(H,18,19)(H,20,21)(H,22,23)(H,24,25)(H,26,27);;;. The second-order valence-electron chi connectivity index (χ2n) is 5.67. The van der Waals surface area contributed by atoms with Gasteiger partial charge in [-0.3, -0.25) is 38.7 Å². The van der Waals surface area contributed by atoms with Crippen molar-refractivity contribution >= 4 is 67.6 Å². The van der Waals surface area contributed by atoms with Crippen molar-refractivity contribution in [2.24, 2.45) is 0 Å². The van der Waals surface area contributed by atoms with Crippen LogP contribution in [0, 0.1) is 0 Å². The van der Waals surface area contributed by atoms with Gasteiger partial charge in [-0.1, -0.05) is 0 Å². The normalized spacial score (nSPS) is 10.7. The van der Waals surface area contributed by atoms with Crippen LogP contribution in [0.25, 0.3) is 0 Å². The Bertz CT molecular complexity index is 487. The third kappa shape index (κ3) is 16.6. The third-order valence-electron chi connectivity index (χ3n) is 3.26. The minimum absolute atomic E-state index is 0. The van der Waals surface area contributed by atoms with Crippen molar-refractivity contribution in [3.8, 4) is 0 Å². The van der Waals surface area contributed by atoms with Crippen molar-refractivity contribution in [1.29, 1.82) is 0 Å². The van der Waals surface area contributed by atoms with Gasteiger partial charge in [0.1, 0.15) is 0 Å². The predicted octanol–water partition coefficient (Wildman–Crippen LogP) is -3.60. The van der Waals surface area contributed by atoms with Crippen LogP contribution in [0.15, 0.2) is 0 Å². The van der Waals surface area contributed by atoms with Crippen LogP contribution in [0.2, 0.25) is 0 Å². The number of hydrogen-bond donors (Lipinski definition) is 5. The first-order chi connectivity index (χ1) is 12.5. The molecule has 0 spiro atoms. The Morgan fingerprint density at radius 3 is 0.821 bits per heavy atom. The van der Waals surface area contributed by atoms with Crippen LogP contribution in [0.3, 0.4) is 0 Å². The summed E-state index contributed by atoms with van der Waals surface area (Å²) < 4.78 is 0. The van der Waals surface area contributed by atoms with E-state index < -0.39 is 62.6 Å². The van der Waals surface area contributed by atoms with E-state index in [1.54, 1.807) is 0 Å². The molecule has 28 heavy (non-hydrogen) atoms. The summed E-state index contributed by atoms with van der Waals surface area (Å²) in [7, 11) is 0. The van der Waals surface area contributed by atoms with Gasteiger partial charge in [-0.2, -0.15) is 0 Å². The number of carboxylic acids is 5. The predicted molar refractivity (Wildman–Crippen MR) is 96.0 cm³/mol. The Balaban J connectivity index is 0. The molecule has 0 aliphatic carbocycles. The van der Waals surface area contributed by atoms with Crippen molar-refractivity contribution in [3.63, 3.8) is 0 Å². The van der Waals surface area contributed by atoms with Gasteiger partial charge in [0.05, 0.1) is 32.7 Å². The van der Waals surface area contributed by atoms with Gasteiger partial charge < -0.3 is 25.5 Å². The summed E-state index contributed by atoms with van der Waals surface area (Å²) in [5.41, 5.74) is 0. The summed E-state index contributed by atoms with van der Waals surface area (Å²) in [6, 6.07) is 0. The van der Waals surface area contributed by atoms with Gasteiger partial charge >= 0.3 is 67.6 Å². The van der Waals surface area contributed by atoms with Gasteiger partial charge in [-0.25, -0.2) is 0 Å². The zero-order valence-corrected chi connectivity index (χ0v) is 14.5. The molecule has 0 aliphatic heterocycles. The molecule has 0 fully saturated rings. The topological polar surface area (TPSA) is 196 Å². The number of hydrogen-bond acceptors (Lipinski definition) is 8. The van der Waals surface area contributed by atoms with Crippen molar-refractivity contribution in [3.05, 3.63) is 0 Å². The molecule has 13 nitrogen and oxygen atoms in total. The molecule has 5 N–H and O–H groups in total. The Kier molecular flexibility index (Phi) is 15.8. The minimum atomic E-state index is -1.24. The number of carbonyl (C=O) groups is 5. The number of nitrogens with zero attached hydrogens (tertiary/aromatic N) is 3. The van der Waals surface area contributed by atoms with Crippen molar-refractivity contribution in [1.82, 2.24) is 14.7 Å². The zero-order chi connectivity index (χ0) is 21.0. The van der Waals surface area contributed by atoms with Crippen molar-refractivity contribution in [2.75, 3.05) is 58.9 Å². The molecule has 0 saturated carbocycles. The Morgan fingerprint density at radius 1 is 0.429 bits per heavy atom. The fraction of sp³-hybridized carbons (Fsp3) is 0.643. The van der Waals surface area contributed by atoms with E-state index in [0.717, 1.165) is 9.80 Å². The van der Waals surface area contributed by atoms with Crippen LogP contribution >= 0.6 is 0 Å². The van der Waals surface area contributed by atoms with Crippen LogP contribution in [0.1, 0.15) is 0 Å². The summed E-state index contributed by atoms with van der Waals surface area (Å²) in [6.07, 6.45) is 0. The van der Waals surface area contributed by atoms with Gasteiger partial charge in [-0.15, -0.1) is 0 Å². The van der Waals surface area contributed by atoms with E-state index in [1.165, 1.54) is 4.90 Å². The summed E-state index contributed by atoms with van der Waals surface area (Å²) in [5.74, 6) is -6.16. The van der Waals surface area contributed by atoms with Crippen LogP contribution in [-0.2, 0) is 24.0 Å². The van der Waals surface area contributed by atoms with Crippen LogP contribution in [0.5, 0.6) is 0 Å². The number of carboxylic acid groups (broad SMARTS) is 5. The fourth-order valence-corrected chi connectivity index (χ4v) is 2.22. The molecule has 158 valence electrons. The van der Waals surface area contributed by atoms with Gasteiger partial charge in [0.15, 0.2) is 0 Å². The summed E-state index contributed by atoms with van der Waals surface area (Å²) in [6.45, 7) is -2.74. The van der Waals surface area contributed by atoms with Gasteiger partial charge in [0.2, 0.25) is 0 Å². The molecular formula is C14H25CaN3O10. The summed E-state index contributed by atoms with van der Waals surface area (Å²) in [4.78, 5) is 57.6. The molecule has 0 aromatic carbocycles. The molecule has 0 unspecified atom stereocenters. The van der Waals surface area contributed by atoms with E-state index >= 15 is 0 Å². The molecule has 0 bridgehead atoms. The van der Waals surface area contributed by atoms with Crippen LogP contribution < -0.4 is 0 Å². The van der Waals surface area contributed by atoms with Gasteiger partial charge in [0.25, 0.3) is 0 Å². The molecule has 0 atom stereocenters. The first-order valence-corrected chi connectivity index (χ1v) is 7.75. The van der Waals surface area contributed by atoms with E-state index in [1.807, 2.05) is 0 Å². The molecule has 0 radical (unpaired) electrons. The van der Waals surface area contributed by atoms with Crippen molar-refractivity contribution in [2.45, 2.75) is 0 Å². The van der Waals surface area contributed by atoms with Crippen molar-refractivity contribution < 1.29 is 49.5 Å². The molecule has 14 heteroatoms. The summed E-state index contributed by atoms with van der Waals surface area (Å²) in [5, 5.41) is 44.1. The second kappa shape index (κ2) is 15.4. The Labute approximate surface area is 190 Å². The Morgan fingerprint density at radius 2 is 0.607 bits per heavy atom. The molecule has 0 aliphatic rings. The second-order valence-corrected chi connectivity index (χ2v) is 5.67. The quantitative estimate of drug-likeness (QED) is 0.149. The maximum absolute atomic E-state index is 11.0. The average Bonchev–Trinajstić information content (AvgIpc) is 2.46. The Hall–Kier alpha value is -1.51. The zero-order valence-electron chi connectivity index (χ0n) is 14.5. The van der Waals surface area contributed by atoms with E-state index in [-0.39, 0.29) is 63.9 Å². The maximum atomic E-state index is 11.0. The molecule has 0 amide bonds. The number of rotatable bonds is 16. The first-order valence-electron chi connectivity index (χ1n) is 7.75. The van der Waals surface area contributed by atoms with E-state index in [4.69, 9.17) is 25.5 Å². The molecule has 0 aromatic rings. The molecule has 0 heterocycles. The van der Waals surface area contributed by atoms with Crippen LogP contribution in [0.4, 0.5) is 0 Å². The van der Waals surface area contributed by atoms with Gasteiger partial charge in [0, 0.05) is 26.2 Å². The fourth-order valence-electron chi connectivity index (χ4n) is 2.22. The van der Waals surface area contributed by atoms with E-state index in [2.05, 4.69) is 0 Å². The van der Waals surface area contributed by atoms with E-state index in [0.29, 0.717) is 0 Å².